The molecule has 0 radical (unpaired) electrons. The molecule has 3 amide bonds. The van der Waals surface area contributed by atoms with Crippen molar-refractivity contribution in [3.63, 3.8) is 0 Å². The molecule has 0 aliphatic heterocycles. The first-order valence-corrected chi connectivity index (χ1v) is 10.1. The first-order valence-electron chi connectivity index (χ1n) is 10.1. The van der Waals surface area contributed by atoms with Gasteiger partial charge in [0, 0.05) is 24.9 Å². The Bertz CT molecular complexity index is 982. The van der Waals surface area contributed by atoms with Gasteiger partial charge in [0.15, 0.2) is 0 Å². The standard InChI is InChI=1S/C23H26FN3O4/c1-23(15-6-4-3-5-7-15)12-18(23)21(29)26-13-16(27-22(30)31)10-14-8-9-17(19(24)11-14)20(28)25-2/h3-9,11,16,18,27H,10,12-13H2,1-2H3,(H,25,28)(H,26,29)(H,30,31)/t16-,18?,23?/m0/s1. The fourth-order valence-electron chi connectivity index (χ4n) is 3.87. The molecular formula is C23H26FN3O4. The number of carbonyl (C=O) groups is 3. The molecule has 3 atom stereocenters. The van der Waals surface area contributed by atoms with Crippen LogP contribution in [0.4, 0.5) is 9.18 Å². The zero-order valence-electron chi connectivity index (χ0n) is 17.4. The normalized spacial score (nSPS) is 20.4. The van der Waals surface area contributed by atoms with E-state index in [1.165, 1.54) is 19.2 Å². The van der Waals surface area contributed by atoms with Crippen molar-refractivity contribution in [2.24, 2.45) is 5.92 Å². The van der Waals surface area contributed by atoms with E-state index >= 15 is 0 Å². The highest BCUT2D eigenvalue weighted by atomic mass is 19.1. The van der Waals surface area contributed by atoms with Gasteiger partial charge >= 0.3 is 6.09 Å². The zero-order chi connectivity index (χ0) is 22.6. The predicted octanol–water partition coefficient (Wildman–Crippen LogP) is 2.46. The molecule has 3 rings (SSSR count). The van der Waals surface area contributed by atoms with Gasteiger partial charge in [-0.1, -0.05) is 43.3 Å². The fraction of sp³-hybridized carbons (Fsp3) is 0.348. The maximum absolute atomic E-state index is 14.2. The minimum Gasteiger partial charge on any atom is -0.465 e. The number of carbonyl (C=O) groups excluding carboxylic acids is 2. The van der Waals surface area contributed by atoms with Gasteiger partial charge in [0.1, 0.15) is 5.82 Å². The van der Waals surface area contributed by atoms with Gasteiger partial charge in [0.2, 0.25) is 5.91 Å². The molecular weight excluding hydrogens is 401 g/mol. The van der Waals surface area contributed by atoms with Crippen molar-refractivity contribution in [2.45, 2.75) is 31.2 Å². The summed E-state index contributed by atoms with van der Waals surface area (Å²) in [4.78, 5) is 35.5. The second-order valence-corrected chi connectivity index (χ2v) is 8.03. The van der Waals surface area contributed by atoms with Crippen molar-refractivity contribution >= 4 is 17.9 Å². The lowest BCUT2D eigenvalue weighted by Gasteiger charge is -2.19. The molecule has 2 aromatic carbocycles. The Morgan fingerprint density at radius 2 is 1.90 bits per heavy atom. The van der Waals surface area contributed by atoms with E-state index in [1.807, 2.05) is 37.3 Å². The molecule has 1 saturated carbocycles. The summed E-state index contributed by atoms with van der Waals surface area (Å²) in [5.41, 5.74) is 1.30. The summed E-state index contributed by atoms with van der Waals surface area (Å²) in [6.45, 7) is 2.11. The first kappa shape index (κ1) is 22.3. The van der Waals surface area contributed by atoms with Crippen LogP contribution in [0.5, 0.6) is 0 Å². The lowest BCUT2D eigenvalue weighted by molar-refractivity contribution is -0.122. The van der Waals surface area contributed by atoms with Gasteiger partial charge in [-0.2, -0.15) is 0 Å². The van der Waals surface area contributed by atoms with E-state index in [0.717, 1.165) is 12.0 Å². The topological polar surface area (TPSA) is 108 Å². The molecule has 0 spiro atoms. The van der Waals surface area contributed by atoms with Gasteiger partial charge in [-0.05, 0) is 36.1 Å². The zero-order valence-corrected chi connectivity index (χ0v) is 17.4. The van der Waals surface area contributed by atoms with Gasteiger partial charge in [-0.25, -0.2) is 9.18 Å². The van der Waals surface area contributed by atoms with E-state index in [2.05, 4.69) is 16.0 Å². The van der Waals surface area contributed by atoms with E-state index in [-0.39, 0.29) is 35.8 Å². The van der Waals surface area contributed by atoms with Crippen LogP contribution in [0, 0.1) is 11.7 Å². The van der Waals surface area contributed by atoms with E-state index in [9.17, 15) is 18.8 Å². The average Bonchev–Trinajstić information content (AvgIpc) is 3.45. The molecule has 1 fully saturated rings. The van der Waals surface area contributed by atoms with E-state index < -0.39 is 23.9 Å². The summed E-state index contributed by atoms with van der Waals surface area (Å²) in [5, 5.41) is 16.7. The summed E-state index contributed by atoms with van der Waals surface area (Å²) < 4.78 is 14.2. The van der Waals surface area contributed by atoms with Crippen molar-refractivity contribution in [3.8, 4) is 0 Å². The summed E-state index contributed by atoms with van der Waals surface area (Å²) in [5.74, 6) is -1.54. The third-order valence-corrected chi connectivity index (χ3v) is 5.82. The van der Waals surface area contributed by atoms with Crippen molar-refractivity contribution in [2.75, 3.05) is 13.6 Å². The number of carboxylic acid groups (broad SMARTS) is 1. The molecule has 2 aromatic rings. The highest BCUT2D eigenvalue weighted by Crippen LogP contribution is 2.53. The number of hydrogen-bond donors (Lipinski definition) is 4. The molecule has 7 nitrogen and oxygen atoms in total. The van der Waals surface area contributed by atoms with Crippen LogP contribution in [0.25, 0.3) is 0 Å². The minimum atomic E-state index is -1.23. The van der Waals surface area contributed by atoms with Crippen molar-refractivity contribution < 1.29 is 23.9 Å². The fourth-order valence-corrected chi connectivity index (χ4v) is 3.87. The quantitative estimate of drug-likeness (QED) is 0.519. The Labute approximate surface area is 180 Å². The predicted molar refractivity (Wildman–Crippen MR) is 113 cm³/mol. The average molecular weight is 427 g/mol. The number of nitrogens with one attached hydrogen (secondary N) is 3. The van der Waals surface area contributed by atoms with Gasteiger partial charge < -0.3 is 21.1 Å². The highest BCUT2D eigenvalue weighted by Gasteiger charge is 2.55. The van der Waals surface area contributed by atoms with Gasteiger partial charge in [0.05, 0.1) is 11.6 Å². The number of hydrogen-bond acceptors (Lipinski definition) is 3. The Morgan fingerprint density at radius 1 is 1.19 bits per heavy atom. The third kappa shape index (κ3) is 5.20. The van der Waals surface area contributed by atoms with Crippen molar-refractivity contribution in [1.29, 1.82) is 0 Å². The molecule has 1 aliphatic carbocycles. The lowest BCUT2D eigenvalue weighted by Crippen LogP contribution is -2.45. The van der Waals surface area contributed by atoms with E-state index in [1.54, 1.807) is 6.07 Å². The van der Waals surface area contributed by atoms with Crippen molar-refractivity contribution in [3.05, 3.63) is 71.0 Å². The molecule has 1 aliphatic rings. The minimum absolute atomic E-state index is 0.0747. The van der Waals surface area contributed by atoms with E-state index in [0.29, 0.717) is 5.56 Å². The molecule has 164 valence electrons. The molecule has 0 heterocycles. The van der Waals surface area contributed by atoms with Crippen LogP contribution in [-0.4, -0.2) is 42.6 Å². The van der Waals surface area contributed by atoms with Crippen LogP contribution in [0.1, 0.15) is 34.8 Å². The van der Waals surface area contributed by atoms with Gasteiger partial charge in [-0.15, -0.1) is 0 Å². The van der Waals surface area contributed by atoms with Crippen LogP contribution < -0.4 is 16.0 Å². The summed E-state index contributed by atoms with van der Waals surface area (Å²) in [7, 11) is 1.41. The van der Waals surface area contributed by atoms with Crippen LogP contribution in [0.2, 0.25) is 0 Å². The Kier molecular flexibility index (Phi) is 6.58. The number of rotatable bonds is 8. The number of halogens is 1. The van der Waals surface area contributed by atoms with E-state index in [4.69, 9.17) is 5.11 Å². The molecule has 31 heavy (non-hydrogen) atoms. The molecule has 8 heteroatoms. The largest absolute Gasteiger partial charge is 0.465 e. The monoisotopic (exact) mass is 427 g/mol. The van der Waals surface area contributed by atoms with Gasteiger partial charge in [-0.3, -0.25) is 9.59 Å². The van der Waals surface area contributed by atoms with Crippen LogP contribution in [0.3, 0.4) is 0 Å². The summed E-state index contributed by atoms with van der Waals surface area (Å²) in [6, 6.07) is 13.3. The second kappa shape index (κ2) is 9.16. The highest BCUT2D eigenvalue weighted by molar-refractivity contribution is 5.94. The first-order chi connectivity index (χ1) is 14.7. The number of benzene rings is 2. The molecule has 2 unspecified atom stereocenters. The van der Waals surface area contributed by atoms with Crippen LogP contribution in [-0.2, 0) is 16.6 Å². The Morgan fingerprint density at radius 3 is 2.52 bits per heavy atom. The SMILES string of the molecule is CNC(=O)c1ccc(C[C@@H](CNC(=O)C2CC2(C)c2ccccc2)NC(=O)O)cc1F. The molecule has 0 bridgehead atoms. The Hall–Kier alpha value is -3.42. The smallest absolute Gasteiger partial charge is 0.404 e. The van der Waals surface area contributed by atoms with Crippen molar-refractivity contribution in [1.82, 2.24) is 16.0 Å². The van der Waals surface area contributed by atoms with Crippen LogP contribution in [0.15, 0.2) is 48.5 Å². The Balaban J connectivity index is 1.62. The maximum atomic E-state index is 14.2. The molecule has 0 aromatic heterocycles. The second-order valence-electron chi connectivity index (χ2n) is 8.03. The number of amides is 3. The lowest BCUT2D eigenvalue weighted by atomic mass is 9.95. The summed E-state index contributed by atoms with van der Waals surface area (Å²) in [6.07, 6.45) is -0.341. The third-order valence-electron chi connectivity index (χ3n) is 5.82. The van der Waals surface area contributed by atoms with Gasteiger partial charge in [0.25, 0.3) is 5.91 Å². The molecule has 4 N–H and O–H groups in total. The van der Waals surface area contributed by atoms with Crippen LogP contribution >= 0.6 is 0 Å². The maximum Gasteiger partial charge on any atom is 0.404 e. The molecule has 0 saturated heterocycles. The summed E-state index contributed by atoms with van der Waals surface area (Å²) >= 11 is 0.